The van der Waals surface area contributed by atoms with Crippen LogP contribution in [0.4, 0.5) is 5.69 Å². The van der Waals surface area contributed by atoms with Gasteiger partial charge in [0.25, 0.3) is 0 Å². The standard InChI is InChI=1S/C13H16ClNO2/c1-13(12(16)17)7-2-8-15(9-13)11-5-3-10(14)4-6-11/h3-6H,2,7-9H2,1H3,(H,16,17). The topological polar surface area (TPSA) is 40.5 Å². The summed E-state index contributed by atoms with van der Waals surface area (Å²) in [4.78, 5) is 13.4. The van der Waals surface area contributed by atoms with E-state index in [-0.39, 0.29) is 0 Å². The van der Waals surface area contributed by atoms with Gasteiger partial charge in [-0.1, -0.05) is 11.6 Å². The Morgan fingerprint density at radius 1 is 1.41 bits per heavy atom. The summed E-state index contributed by atoms with van der Waals surface area (Å²) < 4.78 is 0. The van der Waals surface area contributed by atoms with Gasteiger partial charge in [-0.05, 0) is 44.0 Å². The number of rotatable bonds is 2. The monoisotopic (exact) mass is 253 g/mol. The molecule has 0 radical (unpaired) electrons. The first kappa shape index (κ1) is 12.2. The van der Waals surface area contributed by atoms with E-state index in [1.54, 1.807) is 0 Å². The fourth-order valence-electron chi connectivity index (χ4n) is 2.29. The number of aliphatic carboxylic acids is 1. The fourth-order valence-corrected chi connectivity index (χ4v) is 2.41. The van der Waals surface area contributed by atoms with Crippen molar-refractivity contribution in [1.82, 2.24) is 0 Å². The van der Waals surface area contributed by atoms with E-state index in [4.69, 9.17) is 11.6 Å². The number of hydrogen-bond acceptors (Lipinski definition) is 2. The zero-order chi connectivity index (χ0) is 12.5. The van der Waals surface area contributed by atoms with Gasteiger partial charge < -0.3 is 10.0 Å². The Kier molecular flexibility index (Phi) is 3.29. The van der Waals surface area contributed by atoms with Gasteiger partial charge >= 0.3 is 5.97 Å². The Morgan fingerprint density at radius 2 is 2.06 bits per heavy atom. The van der Waals surface area contributed by atoms with Crippen LogP contribution in [0.1, 0.15) is 19.8 Å². The predicted molar refractivity (Wildman–Crippen MR) is 68.6 cm³/mol. The lowest BCUT2D eigenvalue weighted by Crippen LogP contribution is -2.46. The molecule has 1 fully saturated rings. The van der Waals surface area contributed by atoms with Gasteiger partial charge in [-0.25, -0.2) is 0 Å². The molecule has 1 aromatic carbocycles. The van der Waals surface area contributed by atoms with Gasteiger partial charge in [-0.2, -0.15) is 0 Å². The van der Waals surface area contributed by atoms with Crippen molar-refractivity contribution in [3.05, 3.63) is 29.3 Å². The van der Waals surface area contributed by atoms with Gasteiger partial charge in [0.1, 0.15) is 0 Å². The number of piperidine rings is 1. The maximum atomic E-state index is 11.3. The van der Waals surface area contributed by atoms with Crippen LogP contribution in [0.2, 0.25) is 5.02 Å². The van der Waals surface area contributed by atoms with Crippen molar-refractivity contribution in [1.29, 1.82) is 0 Å². The number of carboxylic acid groups (broad SMARTS) is 1. The molecule has 1 unspecified atom stereocenters. The molecule has 17 heavy (non-hydrogen) atoms. The van der Waals surface area contributed by atoms with Gasteiger partial charge in [0, 0.05) is 23.8 Å². The number of carbonyl (C=O) groups is 1. The van der Waals surface area contributed by atoms with E-state index in [0.717, 1.165) is 25.1 Å². The summed E-state index contributed by atoms with van der Waals surface area (Å²) in [6.45, 7) is 3.28. The van der Waals surface area contributed by atoms with Crippen molar-refractivity contribution in [2.75, 3.05) is 18.0 Å². The zero-order valence-corrected chi connectivity index (χ0v) is 10.6. The van der Waals surface area contributed by atoms with Crippen molar-refractivity contribution in [3.63, 3.8) is 0 Å². The van der Waals surface area contributed by atoms with Crippen LogP contribution in [0.5, 0.6) is 0 Å². The highest BCUT2D eigenvalue weighted by atomic mass is 35.5. The van der Waals surface area contributed by atoms with E-state index in [1.807, 2.05) is 31.2 Å². The molecule has 1 N–H and O–H groups in total. The van der Waals surface area contributed by atoms with E-state index >= 15 is 0 Å². The molecular weight excluding hydrogens is 238 g/mol. The maximum absolute atomic E-state index is 11.3. The lowest BCUT2D eigenvalue weighted by Gasteiger charge is -2.38. The first-order chi connectivity index (χ1) is 8.01. The molecule has 0 spiro atoms. The first-order valence-electron chi connectivity index (χ1n) is 5.75. The average Bonchev–Trinajstić information content (AvgIpc) is 2.30. The van der Waals surface area contributed by atoms with Crippen LogP contribution in [0.15, 0.2) is 24.3 Å². The molecule has 1 aliphatic rings. The van der Waals surface area contributed by atoms with Crippen LogP contribution in [-0.4, -0.2) is 24.2 Å². The minimum absolute atomic E-state index is 0.559. The second-order valence-corrected chi connectivity index (χ2v) is 5.30. The molecule has 1 atom stereocenters. The molecule has 3 nitrogen and oxygen atoms in total. The Morgan fingerprint density at radius 3 is 2.65 bits per heavy atom. The molecule has 2 rings (SSSR count). The van der Waals surface area contributed by atoms with Gasteiger partial charge in [-0.15, -0.1) is 0 Å². The molecule has 1 heterocycles. The number of benzene rings is 1. The van der Waals surface area contributed by atoms with Gasteiger partial charge in [0.2, 0.25) is 0 Å². The Labute approximate surface area is 106 Å². The molecule has 1 aromatic rings. The maximum Gasteiger partial charge on any atom is 0.311 e. The second kappa shape index (κ2) is 4.57. The molecule has 0 amide bonds. The van der Waals surface area contributed by atoms with Crippen molar-refractivity contribution in [2.45, 2.75) is 19.8 Å². The number of nitrogens with zero attached hydrogens (tertiary/aromatic N) is 1. The fraction of sp³-hybridized carbons (Fsp3) is 0.462. The minimum atomic E-state index is -0.712. The van der Waals surface area contributed by atoms with Crippen molar-refractivity contribution in [3.8, 4) is 0 Å². The third-order valence-electron chi connectivity index (χ3n) is 3.40. The SMILES string of the molecule is CC1(C(=O)O)CCCN(c2ccc(Cl)cc2)C1. The van der Waals surface area contributed by atoms with Crippen LogP contribution in [0, 0.1) is 5.41 Å². The van der Waals surface area contributed by atoms with Gasteiger partial charge in [0.15, 0.2) is 0 Å². The molecule has 0 aromatic heterocycles. The predicted octanol–water partition coefficient (Wildman–Crippen LogP) is 3.03. The lowest BCUT2D eigenvalue weighted by molar-refractivity contribution is -0.148. The number of anilines is 1. The first-order valence-corrected chi connectivity index (χ1v) is 6.13. The van der Waals surface area contributed by atoms with Crippen LogP contribution < -0.4 is 4.90 Å². The Balaban J connectivity index is 2.17. The zero-order valence-electron chi connectivity index (χ0n) is 9.82. The summed E-state index contributed by atoms with van der Waals surface area (Å²) in [5.41, 5.74) is 0.402. The van der Waals surface area contributed by atoms with Gasteiger partial charge in [0.05, 0.1) is 5.41 Å². The number of carboxylic acids is 1. The van der Waals surface area contributed by atoms with E-state index in [9.17, 15) is 9.90 Å². The average molecular weight is 254 g/mol. The third-order valence-corrected chi connectivity index (χ3v) is 3.66. The highest BCUT2D eigenvalue weighted by molar-refractivity contribution is 6.30. The van der Waals surface area contributed by atoms with Gasteiger partial charge in [-0.3, -0.25) is 4.79 Å². The quantitative estimate of drug-likeness (QED) is 0.881. The summed E-state index contributed by atoms with van der Waals surface area (Å²) in [7, 11) is 0. The van der Waals surface area contributed by atoms with E-state index in [1.165, 1.54) is 0 Å². The molecule has 4 heteroatoms. The third kappa shape index (κ3) is 2.55. The summed E-state index contributed by atoms with van der Waals surface area (Å²) in [5, 5.41) is 9.96. The highest BCUT2D eigenvalue weighted by Gasteiger charge is 2.37. The lowest BCUT2D eigenvalue weighted by atomic mass is 9.82. The summed E-state index contributed by atoms with van der Waals surface area (Å²) in [6.07, 6.45) is 1.65. The highest BCUT2D eigenvalue weighted by Crippen LogP contribution is 2.32. The van der Waals surface area contributed by atoms with Crippen molar-refractivity contribution in [2.24, 2.45) is 5.41 Å². The van der Waals surface area contributed by atoms with Crippen molar-refractivity contribution >= 4 is 23.3 Å². The van der Waals surface area contributed by atoms with Crippen LogP contribution in [-0.2, 0) is 4.79 Å². The Hall–Kier alpha value is -1.22. The summed E-state index contributed by atoms with van der Waals surface area (Å²) in [5.74, 6) is -0.712. The summed E-state index contributed by atoms with van der Waals surface area (Å²) >= 11 is 5.84. The largest absolute Gasteiger partial charge is 0.481 e. The van der Waals surface area contributed by atoms with Crippen molar-refractivity contribution < 1.29 is 9.90 Å². The van der Waals surface area contributed by atoms with Crippen LogP contribution in [0.3, 0.4) is 0 Å². The van der Waals surface area contributed by atoms with E-state index in [0.29, 0.717) is 11.6 Å². The normalized spacial score (nSPS) is 24.7. The molecular formula is C13H16ClNO2. The van der Waals surface area contributed by atoms with Crippen LogP contribution in [0.25, 0.3) is 0 Å². The number of halogens is 1. The van der Waals surface area contributed by atoms with Crippen LogP contribution >= 0.6 is 11.6 Å². The van der Waals surface area contributed by atoms with E-state index in [2.05, 4.69) is 4.90 Å². The Bertz CT molecular complexity index is 418. The molecule has 92 valence electrons. The molecule has 1 saturated heterocycles. The van der Waals surface area contributed by atoms with E-state index < -0.39 is 11.4 Å². The smallest absolute Gasteiger partial charge is 0.311 e. The second-order valence-electron chi connectivity index (χ2n) is 4.87. The minimum Gasteiger partial charge on any atom is -0.481 e. The molecule has 0 saturated carbocycles. The molecule has 0 bridgehead atoms. The molecule has 0 aliphatic carbocycles. The molecule has 1 aliphatic heterocycles. The number of hydrogen-bond donors (Lipinski definition) is 1. The summed E-state index contributed by atoms with van der Waals surface area (Å²) in [6, 6.07) is 7.55.